The second-order valence-corrected chi connectivity index (χ2v) is 3.18. The van der Waals surface area contributed by atoms with Crippen molar-refractivity contribution in [1.82, 2.24) is 9.78 Å². The zero-order valence-corrected chi connectivity index (χ0v) is 8.51. The minimum Gasteiger partial charge on any atom is -0.266 e. The van der Waals surface area contributed by atoms with Crippen LogP contribution in [0.5, 0.6) is 0 Å². The molecule has 0 amide bonds. The van der Waals surface area contributed by atoms with E-state index in [1.165, 1.54) is 23.0 Å². The fourth-order valence-electron chi connectivity index (χ4n) is 1.52. The number of benzene rings is 1. The summed E-state index contributed by atoms with van der Waals surface area (Å²) in [6, 6.07) is 6.25. The predicted molar refractivity (Wildman–Crippen MR) is 56.4 cm³/mol. The molecule has 0 aliphatic carbocycles. The van der Waals surface area contributed by atoms with Gasteiger partial charge in [0, 0.05) is 12.6 Å². The van der Waals surface area contributed by atoms with Crippen molar-refractivity contribution in [3.63, 3.8) is 0 Å². The Labute approximate surface area is 91.0 Å². The highest BCUT2D eigenvalue weighted by Gasteiger charge is 2.13. The van der Waals surface area contributed by atoms with Crippen LogP contribution in [-0.4, -0.2) is 15.9 Å². The fraction of sp³-hybridized carbons (Fsp3) is 0.0909. The SMILES string of the molecule is Cn1ncc(N=C=O)c1-c1ccccc1F. The molecule has 1 aromatic heterocycles. The number of carbonyl (C=O) groups excluding carboxylic acids is 1. The van der Waals surface area contributed by atoms with E-state index in [0.29, 0.717) is 16.9 Å². The molecule has 0 aliphatic heterocycles. The van der Waals surface area contributed by atoms with Gasteiger partial charge in [0.2, 0.25) is 6.08 Å². The largest absolute Gasteiger partial charge is 0.266 e. The van der Waals surface area contributed by atoms with Crippen molar-refractivity contribution < 1.29 is 9.18 Å². The summed E-state index contributed by atoms with van der Waals surface area (Å²) >= 11 is 0. The lowest BCUT2D eigenvalue weighted by molar-refractivity contribution is 0.565. The molecule has 0 fully saturated rings. The van der Waals surface area contributed by atoms with Crippen molar-refractivity contribution in [2.45, 2.75) is 0 Å². The van der Waals surface area contributed by atoms with Gasteiger partial charge < -0.3 is 0 Å². The van der Waals surface area contributed by atoms with Gasteiger partial charge in [-0.2, -0.15) is 10.1 Å². The van der Waals surface area contributed by atoms with E-state index in [0.717, 1.165) is 0 Å². The van der Waals surface area contributed by atoms with Gasteiger partial charge >= 0.3 is 0 Å². The molecule has 5 heteroatoms. The van der Waals surface area contributed by atoms with E-state index in [1.807, 2.05) is 0 Å². The molecule has 2 rings (SSSR count). The van der Waals surface area contributed by atoms with Crippen LogP contribution < -0.4 is 0 Å². The first-order valence-corrected chi connectivity index (χ1v) is 4.59. The normalized spacial score (nSPS) is 9.88. The smallest absolute Gasteiger partial charge is 0.240 e. The first-order chi connectivity index (χ1) is 7.74. The van der Waals surface area contributed by atoms with Crippen LogP contribution in [0.25, 0.3) is 11.3 Å². The molecule has 2 aromatic rings. The van der Waals surface area contributed by atoms with E-state index >= 15 is 0 Å². The summed E-state index contributed by atoms with van der Waals surface area (Å²) in [4.78, 5) is 13.7. The first-order valence-electron chi connectivity index (χ1n) is 4.59. The molecule has 1 heterocycles. The van der Waals surface area contributed by atoms with E-state index in [1.54, 1.807) is 25.2 Å². The van der Waals surface area contributed by atoms with Crippen molar-refractivity contribution >= 4 is 11.8 Å². The lowest BCUT2D eigenvalue weighted by Crippen LogP contribution is -1.95. The summed E-state index contributed by atoms with van der Waals surface area (Å²) in [6.07, 6.45) is 2.82. The summed E-state index contributed by atoms with van der Waals surface area (Å²) in [5, 5.41) is 3.93. The van der Waals surface area contributed by atoms with Crippen LogP contribution >= 0.6 is 0 Å². The van der Waals surface area contributed by atoms with Crippen molar-refractivity contribution in [2.75, 3.05) is 0 Å². The van der Waals surface area contributed by atoms with Gasteiger partial charge in [0.05, 0.1) is 11.9 Å². The highest BCUT2D eigenvalue weighted by atomic mass is 19.1. The molecule has 0 aliphatic rings. The molecule has 0 bridgehead atoms. The number of hydrogen-bond acceptors (Lipinski definition) is 3. The van der Waals surface area contributed by atoms with Crippen LogP contribution in [0, 0.1) is 5.82 Å². The molecule has 0 saturated heterocycles. The quantitative estimate of drug-likeness (QED) is 0.571. The van der Waals surface area contributed by atoms with Crippen LogP contribution in [-0.2, 0) is 11.8 Å². The summed E-state index contributed by atoms with van der Waals surface area (Å²) in [5.41, 5.74) is 1.13. The molecular weight excluding hydrogens is 209 g/mol. The van der Waals surface area contributed by atoms with Crippen molar-refractivity contribution in [3.8, 4) is 11.3 Å². The van der Waals surface area contributed by atoms with E-state index in [-0.39, 0.29) is 5.82 Å². The number of rotatable bonds is 2. The Morgan fingerprint density at radius 2 is 2.19 bits per heavy atom. The number of halogens is 1. The highest BCUT2D eigenvalue weighted by molar-refractivity contribution is 5.74. The topological polar surface area (TPSA) is 47.2 Å². The van der Waals surface area contributed by atoms with Crippen molar-refractivity contribution in [3.05, 3.63) is 36.3 Å². The molecule has 0 saturated carbocycles. The van der Waals surface area contributed by atoms with Crippen LogP contribution in [0.4, 0.5) is 10.1 Å². The van der Waals surface area contributed by atoms with E-state index in [4.69, 9.17) is 0 Å². The Hall–Kier alpha value is -2.26. The maximum absolute atomic E-state index is 13.6. The van der Waals surface area contributed by atoms with Crippen molar-refractivity contribution in [1.29, 1.82) is 0 Å². The molecule has 0 unspecified atom stereocenters. The van der Waals surface area contributed by atoms with Gasteiger partial charge in [-0.3, -0.25) is 4.68 Å². The van der Waals surface area contributed by atoms with Crippen molar-refractivity contribution in [2.24, 2.45) is 12.0 Å². The monoisotopic (exact) mass is 217 g/mol. The average molecular weight is 217 g/mol. The zero-order chi connectivity index (χ0) is 11.5. The number of aliphatic imine (C=N–C) groups is 1. The Kier molecular flexibility index (Phi) is 2.62. The second kappa shape index (κ2) is 4.08. The molecular formula is C11H8FN3O. The van der Waals surface area contributed by atoms with E-state index in [9.17, 15) is 9.18 Å². The van der Waals surface area contributed by atoms with E-state index in [2.05, 4.69) is 10.1 Å². The third kappa shape index (κ3) is 1.64. The zero-order valence-electron chi connectivity index (χ0n) is 8.51. The summed E-state index contributed by atoms with van der Waals surface area (Å²) in [7, 11) is 1.66. The van der Waals surface area contributed by atoms with Gasteiger partial charge in [-0.05, 0) is 12.1 Å². The number of aromatic nitrogens is 2. The molecule has 0 atom stereocenters. The summed E-state index contributed by atoms with van der Waals surface area (Å²) in [5.74, 6) is -0.381. The van der Waals surface area contributed by atoms with Gasteiger partial charge in [-0.1, -0.05) is 12.1 Å². The van der Waals surface area contributed by atoms with Gasteiger partial charge in [0.1, 0.15) is 11.5 Å². The Bertz CT molecular complexity index is 570. The first kappa shape index (κ1) is 10.3. The summed E-state index contributed by atoms with van der Waals surface area (Å²) < 4.78 is 15.0. The highest BCUT2D eigenvalue weighted by Crippen LogP contribution is 2.30. The molecule has 0 spiro atoms. The Morgan fingerprint density at radius 1 is 1.44 bits per heavy atom. The molecule has 1 aromatic carbocycles. The lowest BCUT2D eigenvalue weighted by atomic mass is 10.1. The molecule has 80 valence electrons. The second-order valence-electron chi connectivity index (χ2n) is 3.18. The number of hydrogen-bond donors (Lipinski definition) is 0. The van der Waals surface area contributed by atoms with Gasteiger partial charge in [-0.25, -0.2) is 9.18 Å². The number of nitrogens with zero attached hydrogens (tertiary/aromatic N) is 3. The predicted octanol–water partition coefficient (Wildman–Crippen LogP) is 2.19. The Morgan fingerprint density at radius 3 is 2.88 bits per heavy atom. The average Bonchev–Trinajstić information content (AvgIpc) is 2.62. The standard InChI is InChI=1S/C11H8FN3O/c1-15-11(10(6-14-15)13-7-16)8-4-2-3-5-9(8)12/h2-6H,1H3. The van der Waals surface area contributed by atoms with Gasteiger partial charge in [0.25, 0.3) is 0 Å². The van der Waals surface area contributed by atoms with Crippen LogP contribution in [0.15, 0.2) is 35.5 Å². The third-order valence-corrected chi connectivity index (χ3v) is 2.21. The number of isocyanates is 1. The minimum absolute atomic E-state index is 0.308. The minimum atomic E-state index is -0.381. The third-order valence-electron chi connectivity index (χ3n) is 2.21. The molecule has 4 nitrogen and oxygen atoms in total. The van der Waals surface area contributed by atoms with E-state index < -0.39 is 0 Å². The fourth-order valence-corrected chi connectivity index (χ4v) is 1.52. The molecule has 0 radical (unpaired) electrons. The van der Waals surface area contributed by atoms with Crippen LogP contribution in [0.2, 0.25) is 0 Å². The molecule has 0 N–H and O–H groups in total. The lowest BCUT2D eigenvalue weighted by Gasteiger charge is -2.03. The van der Waals surface area contributed by atoms with Gasteiger partial charge in [0.15, 0.2) is 0 Å². The number of aryl methyl sites for hydroxylation is 1. The maximum Gasteiger partial charge on any atom is 0.240 e. The molecule has 16 heavy (non-hydrogen) atoms. The van der Waals surface area contributed by atoms with Crippen LogP contribution in [0.1, 0.15) is 0 Å². The van der Waals surface area contributed by atoms with Gasteiger partial charge in [-0.15, -0.1) is 0 Å². The maximum atomic E-state index is 13.6. The van der Waals surface area contributed by atoms with Crippen LogP contribution in [0.3, 0.4) is 0 Å². The summed E-state index contributed by atoms with van der Waals surface area (Å²) in [6.45, 7) is 0. The Balaban J connectivity index is 2.68.